The Morgan fingerprint density at radius 1 is 0.625 bits per heavy atom. The molecule has 8 heteroatoms. The van der Waals surface area contributed by atoms with Crippen LogP contribution < -0.4 is 68.9 Å². The standard InChI is InChI=1S/AsF6.Cs/c2-1(3,4,5,6)7;/q-1;+1. The molecule has 0 saturated heterocycles. The predicted molar refractivity (Wildman–Crippen MR) is 12.4 cm³/mol. The second-order valence-corrected chi connectivity index (χ2v) is 4.98. The number of hydrogen-bond acceptors (Lipinski definition) is 0. The van der Waals surface area contributed by atoms with Crippen LogP contribution in [-0.2, 0) is 0 Å². The maximum atomic E-state index is 9.91. The van der Waals surface area contributed by atoms with Crippen molar-refractivity contribution in [2.24, 2.45) is 0 Å². The smallest absolute Gasteiger partial charge is 1.00 e. The molecule has 0 atom stereocenters. The third kappa shape index (κ3) is 88.3. The van der Waals surface area contributed by atoms with Crippen molar-refractivity contribution < 1.29 is 89.7 Å². The van der Waals surface area contributed by atoms with Gasteiger partial charge in [-0.25, -0.2) is 0 Å². The van der Waals surface area contributed by atoms with Gasteiger partial charge in [0.05, 0.1) is 0 Å². The van der Waals surface area contributed by atoms with Gasteiger partial charge in [-0.2, -0.15) is 0 Å². The maximum absolute atomic E-state index is 11.1. The average Bonchev–Trinajstić information content (AvgIpc) is 0.592. The van der Waals surface area contributed by atoms with Gasteiger partial charge >= 0.3 is 104 Å². The van der Waals surface area contributed by atoms with Gasteiger partial charge in [-0.05, 0) is 0 Å². The minimum atomic E-state index is -11.1. The van der Waals surface area contributed by atoms with Crippen LogP contribution >= 0.6 is 0 Å². The third-order valence-corrected chi connectivity index (χ3v) is 0. The molecule has 0 saturated carbocycles. The Labute approximate surface area is 101 Å². The summed E-state index contributed by atoms with van der Waals surface area (Å²) in [6.45, 7) is 0. The van der Waals surface area contributed by atoms with E-state index in [-0.39, 0.29) is 68.9 Å². The molecule has 0 aromatic carbocycles. The number of halogens is 6. The van der Waals surface area contributed by atoms with Gasteiger partial charge in [-0.1, -0.05) is 0 Å². The van der Waals surface area contributed by atoms with Gasteiger partial charge in [0.1, 0.15) is 0 Å². The molecular formula is AsCsF6. The van der Waals surface area contributed by atoms with E-state index in [0.717, 1.165) is 0 Å². The first-order valence-electron chi connectivity index (χ1n) is 1.01. The van der Waals surface area contributed by atoms with Crippen LogP contribution in [0.1, 0.15) is 0 Å². The summed E-state index contributed by atoms with van der Waals surface area (Å²) < 4.78 is 59.4. The molecule has 0 radical (unpaired) electrons. The van der Waals surface area contributed by atoms with E-state index in [2.05, 4.69) is 0 Å². The molecule has 0 fully saturated rings. The minimum absolute atomic E-state index is 0. The largest absolute Gasteiger partial charge is 1.00 e. The average molecular weight is 322 g/mol. The third-order valence-electron chi connectivity index (χ3n) is 0. The van der Waals surface area contributed by atoms with Crippen LogP contribution in [0.25, 0.3) is 0 Å². The normalized spacial score (nSPS) is 20.2. The van der Waals surface area contributed by atoms with Gasteiger partial charge in [-0.3, -0.25) is 0 Å². The van der Waals surface area contributed by atoms with Crippen LogP contribution in [0.5, 0.6) is 0 Å². The summed E-state index contributed by atoms with van der Waals surface area (Å²) in [6.07, 6.45) is 0. The zero-order chi connectivity index (χ0) is 6.41. The molecule has 0 aromatic rings. The Morgan fingerprint density at radius 3 is 0.625 bits per heavy atom. The van der Waals surface area contributed by atoms with Gasteiger partial charge in [0.25, 0.3) is 0 Å². The van der Waals surface area contributed by atoms with Crippen molar-refractivity contribution in [1.82, 2.24) is 0 Å². The fraction of sp³-hybridized carbons (Fsp3) is 0. The van der Waals surface area contributed by atoms with Gasteiger partial charge in [0, 0.05) is 0 Å². The molecule has 48 valence electrons. The Bertz CT molecular complexity index is 67.1. The molecule has 0 aliphatic carbocycles. The fourth-order valence-electron chi connectivity index (χ4n) is 0. The molecule has 0 heterocycles. The number of hydrogen-bond donors (Lipinski definition) is 0. The molecule has 0 unspecified atom stereocenters. The summed E-state index contributed by atoms with van der Waals surface area (Å²) in [6, 6.07) is 0. The summed E-state index contributed by atoms with van der Waals surface area (Å²) in [5.41, 5.74) is 0. The van der Waals surface area contributed by atoms with Gasteiger partial charge in [0.2, 0.25) is 0 Å². The van der Waals surface area contributed by atoms with Crippen molar-refractivity contribution in [2.75, 3.05) is 0 Å². The molecular weight excluding hydrogens is 322 g/mol. The molecule has 0 aromatic heterocycles. The second kappa shape index (κ2) is 2.09. The van der Waals surface area contributed by atoms with Gasteiger partial charge in [-0.15, -0.1) is 0 Å². The molecule has 0 N–H and O–H groups in total. The van der Waals surface area contributed by atoms with Gasteiger partial charge < -0.3 is 0 Å². The molecule has 8 heavy (non-hydrogen) atoms. The van der Waals surface area contributed by atoms with E-state index in [0.29, 0.717) is 0 Å². The number of rotatable bonds is 0. The van der Waals surface area contributed by atoms with Crippen LogP contribution in [0.2, 0.25) is 0 Å². The Morgan fingerprint density at radius 2 is 0.625 bits per heavy atom. The van der Waals surface area contributed by atoms with Crippen molar-refractivity contribution in [3.63, 3.8) is 0 Å². The van der Waals surface area contributed by atoms with Crippen molar-refractivity contribution in [3.05, 3.63) is 0 Å². The Kier molecular flexibility index (Phi) is 3.35. The molecule has 0 rings (SSSR count). The van der Waals surface area contributed by atoms with Crippen LogP contribution in [0.15, 0.2) is 0 Å². The van der Waals surface area contributed by atoms with Crippen molar-refractivity contribution in [2.45, 2.75) is 0 Å². The topological polar surface area (TPSA) is 0 Å². The van der Waals surface area contributed by atoms with E-state index in [9.17, 15) is 20.8 Å². The predicted octanol–water partition coefficient (Wildman–Crippen LogP) is -0.856. The summed E-state index contributed by atoms with van der Waals surface area (Å²) >= 11 is -11.1. The van der Waals surface area contributed by atoms with Crippen molar-refractivity contribution >= 4 is 14.2 Å². The van der Waals surface area contributed by atoms with Crippen LogP contribution in [0.4, 0.5) is 20.8 Å². The SMILES string of the molecule is F[As-](F)(F)(F)(F)F.[Cs+]. The monoisotopic (exact) mass is 322 g/mol. The first kappa shape index (κ1) is 12.8. The van der Waals surface area contributed by atoms with Crippen LogP contribution in [-0.4, -0.2) is 14.2 Å². The van der Waals surface area contributed by atoms with E-state index in [1.165, 1.54) is 0 Å². The van der Waals surface area contributed by atoms with E-state index in [4.69, 9.17) is 0 Å². The minimum Gasteiger partial charge on any atom is 1.00 e. The quantitative estimate of drug-likeness (QED) is 0.403. The molecule has 0 bridgehead atoms. The van der Waals surface area contributed by atoms with E-state index in [1.54, 1.807) is 0 Å². The van der Waals surface area contributed by atoms with Crippen LogP contribution in [0, 0.1) is 0 Å². The zero-order valence-corrected chi connectivity index (χ0v) is 11.9. The molecule has 0 aliphatic heterocycles. The van der Waals surface area contributed by atoms with Crippen molar-refractivity contribution in [1.29, 1.82) is 0 Å². The molecule has 0 aliphatic rings. The summed E-state index contributed by atoms with van der Waals surface area (Å²) in [5, 5.41) is 0. The molecule has 0 spiro atoms. The summed E-state index contributed by atoms with van der Waals surface area (Å²) in [5.74, 6) is 0. The van der Waals surface area contributed by atoms with E-state index in [1.807, 2.05) is 0 Å². The van der Waals surface area contributed by atoms with E-state index < -0.39 is 14.2 Å². The van der Waals surface area contributed by atoms with Gasteiger partial charge in [0.15, 0.2) is 0 Å². The Hall–Kier alpha value is 2.19. The zero-order valence-electron chi connectivity index (χ0n) is 3.72. The Balaban J connectivity index is 0. The second-order valence-electron chi connectivity index (χ2n) is 0.958. The summed E-state index contributed by atoms with van der Waals surface area (Å²) in [7, 11) is 0. The first-order valence-corrected chi connectivity index (χ1v) is 5.27. The van der Waals surface area contributed by atoms with Crippen molar-refractivity contribution in [3.8, 4) is 0 Å². The fourth-order valence-corrected chi connectivity index (χ4v) is 0. The molecule has 0 amide bonds. The summed E-state index contributed by atoms with van der Waals surface area (Å²) in [4.78, 5) is 0. The van der Waals surface area contributed by atoms with Crippen LogP contribution in [0.3, 0.4) is 0 Å². The first-order chi connectivity index (χ1) is 2.45. The van der Waals surface area contributed by atoms with E-state index >= 15 is 0 Å². The maximum Gasteiger partial charge on any atom is 1.00 e. The molecule has 0 nitrogen and oxygen atoms in total.